The van der Waals surface area contributed by atoms with Crippen LogP contribution in [0.1, 0.15) is 81.7 Å². The first-order valence-corrected chi connectivity index (χ1v) is 23.6. The van der Waals surface area contributed by atoms with Crippen LogP contribution in [0.3, 0.4) is 0 Å². The highest BCUT2D eigenvalue weighted by Crippen LogP contribution is 2.64. The van der Waals surface area contributed by atoms with E-state index in [-0.39, 0.29) is 16.5 Å². The molecule has 65 heavy (non-hydrogen) atoms. The Kier molecular flexibility index (Phi) is 8.91. The van der Waals surface area contributed by atoms with Gasteiger partial charge in [-0.3, -0.25) is 0 Å². The van der Waals surface area contributed by atoms with Crippen molar-refractivity contribution >= 4 is 65.8 Å². The molecule has 2 aliphatic carbocycles. The zero-order chi connectivity index (χ0) is 44.1. The zero-order valence-electron chi connectivity index (χ0n) is 38.1. The SMILES string of the molecule is CCCC1(N(c2ccc3ccccc3c2)c2ccc3ccccc3c2)c2cc3c(cc21)C(C)(C)c1cc(C(C)(CC)N(c2ccc4ccccc4c2)c2ccc4ccccc4c2)ccc1-3. The monoisotopic (exact) mass is 838 g/mol. The van der Waals surface area contributed by atoms with E-state index in [0.717, 1.165) is 19.3 Å². The maximum Gasteiger partial charge on any atom is 0.0962 e. The number of rotatable bonds is 10. The molecule has 0 bridgehead atoms. The molecule has 0 saturated carbocycles. The molecule has 0 spiro atoms. The summed E-state index contributed by atoms with van der Waals surface area (Å²) < 4.78 is 0. The van der Waals surface area contributed by atoms with Gasteiger partial charge in [0.25, 0.3) is 0 Å². The minimum Gasteiger partial charge on any atom is -0.331 e. The van der Waals surface area contributed by atoms with E-state index >= 15 is 0 Å². The van der Waals surface area contributed by atoms with Gasteiger partial charge in [-0.25, -0.2) is 0 Å². The second-order valence-electron chi connectivity index (χ2n) is 19.4. The minimum atomic E-state index is -0.352. The molecule has 2 nitrogen and oxygen atoms in total. The molecule has 2 heteroatoms. The molecule has 10 aromatic rings. The summed E-state index contributed by atoms with van der Waals surface area (Å²) in [6.45, 7) is 12.0. The molecule has 0 N–H and O–H groups in total. The highest BCUT2D eigenvalue weighted by atomic mass is 15.2. The van der Waals surface area contributed by atoms with Gasteiger partial charge in [0.05, 0.1) is 11.1 Å². The summed E-state index contributed by atoms with van der Waals surface area (Å²) in [6.07, 6.45) is 3.03. The smallest absolute Gasteiger partial charge is 0.0962 e. The summed E-state index contributed by atoms with van der Waals surface area (Å²) in [5, 5.41) is 10.1. The molecule has 2 aliphatic rings. The van der Waals surface area contributed by atoms with Crippen molar-refractivity contribution in [3.63, 3.8) is 0 Å². The lowest BCUT2D eigenvalue weighted by molar-refractivity contribution is 0.463. The Morgan fingerprint density at radius 2 is 0.815 bits per heavy atom. The molecule has 0 amide bonds. The number of fused-ring (bicyclic) bond motifs is 8. The van der Waals surface area contributed by atoms with Crippen molar-refractivity contribution < 1.29 is 0 Å². The summed E-state index contributed by atoms with van der Waals surface area (Å²) in [7, 11) is 0. The molecule has 2 unspecified atom stereocenters. The number of hydrogen-bond acceptors (Lipinski definition) is 2. The first kappa shape index (κ1) is 39.4. The number of hydrogen-bond donors (Lipinski definition) is 0. The Bertz CT molecular complexity index is 3370. The van der Waals surface area contributed by atoms with Crippen molar-refractivity contribution in [1.29, 1.82) is 0 Å². The lowest BCUT2D eigenvalue weighted by Crippen LogP contribution is -2.40. The van der Waals surface area contributed by atoms with E-state index in [0.29, 0.717) is 0 Å². The van der Waals surface area contributed by atoms with Crippen LogP contribution in [0.15, 0.2) is 200 Å². The molecular weight excluding hydrogens is 785 g/mol. The Morgan fingerprint density at radius 3 is 1.28 bits per heavy atom. The van der Waals surface area contributed by atoms with Crippen LogP contribution in [0, 0.1) is 0 Å². The van der Waals surface area contributed by atoms with Crippen molar-refractivity contribution in [2.45, 2.75) is 70.4 Å². The van der Waals surface area contributed by atoms with Gasteiger partial charge in [-0.1, -0.05) is 180 Å². The fourth-order valence-corrected chi connectivity index (χ4v) is 11.8. The molecule has 0 heterocycles. The van der Waals surface area contributed by atoms with Crippen LogP contribution >= 0.6 is 0 Å². The van der Waals surface area contributed by atoms with E-state index in [9.17, 15) is 0 Å². The molecule has 0 aromatic heterocycles. The van der Waals surface area contributed by atoms with Gasteiger partial charge in [0, 0.05) is 28.2 Å². The summed E-state index contributed by atoms with van der Waals surface area (Å²) >= 11 is 0. The maximum atomic E-state index is 2.67. The predicted octanol–water partition coefficient (Wildman–Crippen LogP) is 17.3. The standard InChI is InChI=1S/C63H54N2/c1-6-34-63(65(53-31-26-44-18-10-14-22-48(44)37-53)54-32-27-45-19-11-15-23-49(45)38-54)59-40-56-55-33-28-50(39-57(55)61(3,4)58(56)41-60(59)63)62(5,7-2)64(51-29-24-42-16-8-12-20-46(42)35-51)52-30-25-43-17-9-13-21-47(43)36-52/h8-33,35-41H,6-7,34H2,1-5H3. The molecule has 12 rings (SSSR count). The summed E-state index contributed by atoms with van der Waals surface area (Å²) in [5.74, 6) is 0. The van der Waals surface area contributed by atoms with Crippen LogP contribution in [-0.4, -0.2) is 0 Å². The molecule has 0 radical (unpaired) electrons. The van der Waals surface area contributed by atoms with Crippen molar-refractivity contribution in [1.82, 2.24) is 0 Å². The number of benzene rings is 10. The van der Waals surface area contributed by atoms with Crippen molar-refractivity contribution in [2.24, 2.45) is 0 Å². The van der Waals surface area contributed by atoms with E-state index in [1.165, 1.54) is 105 Å². The van der Waals surface area contributed by atoms with Gasteiger partial charge in [-0.2, -0.15) is 0 Å². The molecule has 10 aromatic carbocycles. The number of anilines is 4. The summed E-state index contributed by atoms with van der Waals surface area (Å²) in [6, 6.07) is 75.6. The second-order valence-corrected chi connectivity index (χ2v) is 19.4. The van der Waals surface area contributed by atoms with Crippen molar-refractivity contribution in [3.05, 3.63) is 228 Å². The van der Waals surface area contributed by atoms with E-state index in [1.807, 2.05) is 0 Å². The van der Waals surface area contributed by atoms with E-state index < -0.39 is 0 Å². The lowest BCUT2D eigenvalue weighted by atomic mass is 9.78. The van der Waals surface area contributed by atoms with Crippen molar-refractivity contribution in [2.75, 3.05) is 9.80 Å². The maximum absolute atomic E-state index is 2.67. The second kappa shape index (κ2) is 14.7. The van der Waals surface area contributed by atoms with E-state index in [1.54, 1.807) is 0 Å². The highest BCUT2D eigenvalue weighted by Gasteiger charge is 2.57. The fraction of sp³-hybridized carbons (Fsp3) is 0.175. The Hall–Kier alpha value is -7.16. The largest absolute Gasteiger partial charge is 0.331 e. The van der Waals surface area contributed by atoms with Gasteiger partial charge in [-0.15, -0.1) is 0 Å². The van der Waals surface area contributed by atoms with Gasteiger partial charge in [0.15, 0.2) is 0 Å². The minimum absolute atomic E-state index is 0.196. The normalized spacial score (nSPS) is 16.6. The predicted molar refractivity (Wildman–Crippen MR) is 277 cm³/mol. The van der Waals surface area contributed by atoms with Gasteiger partial charge < -0.3 is 9.80 Å². The molecule has 0 saturated heterocycles. The fourth-order valence-electron chi connectivity index (χ4n) is 11.8. The van der Waals surface area contributed by atoms with Crippen LogP contribution in [0.25, 0.3) is 54.2 Å². The van der Waals surface area contributed by atoms with E-state index in [4.69, 9.17) is 0 Å². The first-order valence-electron chi connectivity index (χ1n) is 23.6. The third-order valence-electron chi connectivity index (χ3n) is 15.4. The molecule has 316 valence electrons. The van der Waals surface area contributed by atoms with Crippen LogP contribution in [0.4, 0.5) is 22.7 Å². The van der Waals surface area contributed by atoms with Gasteiger partial charge in [-0.05, 0) is 156 Å². The molecule has 0 aliphatic heterocycles. The number of nitrogens with zero attached hydrogens (tertiary/aromatic N) is 2. The average Bonchev–Trinajstić information content (AvgIpc) is 3.90. The Labute approximate surface area is 383 Å². The van der Waals surface area contributed by atoms with Crippen molar-refractivity contribution in [3.8, 4) is 11.1 Å². The van der Waals surface area contributed by atoms with Crippen LogP contribution in [0.2, 0.25) is 0 Å². The quantitative estimate of drug-likeness (QED) is 0.135. The lowest BCUT2D eigenvalue weighted by Gasteiger charge is -2.44. The first-order chi connectivity index (χ1) is 31.7. The van der Waals surface area contributed by atoms with Crippen LogP contribution in [-0.2, 0) is 16.5 Å². The summed E-state index contributed by atoms with van der Waals surface area (Å²) in [4.78, 5) is 5.28. The Morgan fingerprint density at radius 1 is 0.400 bits per heavy atom. The van der Waals surface area contributed by atoms with Gasteiger partial charge in [0.1, 0.15) is 0 Å². The molecule has 2 atom stereocenters. The zero-order valence-corrected chi connectivity index (χ0v) is 38.1. The topological polar surface area (TPSA) is 6.48 Å². The van der Waals surface area contributed by atoms with Gasteiger partial charge >= 0.3 is 0 Å². The summed E-state index contributed by atoms with van der Waals surface area (Å²) in [5.41, 5.74) is 13.9. The van der Waals surface area contributed by atoms with Crippen LogP contribution < -0.4 is 9.80 Å². The third kappa shape index (κ3) is 6.00. The van der Waals surface area contributed by atoms with E-state index in [2.05, 4.69) is 245 Å². The van der Waals surface area contributed by atoms with Crippen LogP contribution in [0.5, 0.6) is 0 Å². The third-order valence-corrected chi connectivity index (χ3v) is 15.4. The molecule has 0 fully saturated rings. The highest BCUT2D eigenvalue weighted by molar-refractivity contribution is 5.95. The van der Waals surface area contributed by atoms with Gasteiger partial charge in [0.2, 0.25) is 0 Å². The Balaban J connectivity index is 0.993. The molecular formula is C63H54N2. The average molecular weight is 839 g/mol.